The number of ether oxygens (including phenoxy) is 1. The van der Waals surface area contributed by atoms with Crippen molar-refractivity contribution in [1.82, 2.24) is 25.2 Å². The average Bonchev–Trinajstić information content (AvgIpc) is 3.11. The highest BCUT2D eigenvalue weighted by atomic mass is 32.1. The maximum Gasteiger partial charge on any atom is 0.316 e. The predicted octanol–water partition coefficient (Wildman–Crippen LogP) is 3.59. The standard InChI is InChI=1S/C24H33F2N5O2S/c1-16-27-14-20(34-16)12-23(32)29-19-4-2-17(3-5-19)6-9-31-10-7-18-13-28-24(33-15-22(25)26)30-21(18)8-11-31/h13-14,17,19,22H,2-12,15H2,1H3,(H,29,32). The molecular formula is C24H33F2N5O2S. The Labute approximate surface area is 203 Å². The second-order valence-electron chi connectivity index (χ2n) is 9.26. The molecule has 2 aromatic rings. The third kappa shape index (κ3) is 7.40. The van der Waals surface area contributed by atoms with Gasteiger partial charge >= 0.3 is 6.01 Å². The predicted molar refractivity (Wildman–Crippen MR) is 126 cm³/mol. The molecular weight excluding hydrogens is 460 g/mol. The van der Waals surface area contributed by atoms with E-state index in [0.717, 1.165) is 85.7 Å². The Morgan fingerprint density at radius 2 is 2.00 bits per heavy atom. The van der Waals surface area contributed by atoms with Gasteiger partial charge in [-0.25, -0.2) is 18.7 Å². The van der Waals surface area contributed by atoms with E-state index in [1.165, 1.54) is 0 Å². The number of rotatable bonds is 9. The molecule has 0 unspecified atom stereocenters. The van der Waals surface area contributed by atoms with Crippen molar-refractivity contribution in [3.63, 3.8) is 0 Å². The van der Waals surface area contributed by atoms with Crippen LogP contribution in [0.15, 0.2) is 12.4 Å². The molecule has 0 atom stereocenters. The smallest absolute Gasteiger partial charge is 0.316 e. The van der Waals surface area contributed by atoms with Crippen LogP contribution in [0.1, 0.15) is 53.2 Å². The molecule has 0 aromatic carbocycles. The molecule has 3 heterocycles. The van der Waals surface area contributed by atoms with Gasteiger partial charge in [0.15, 0.2) is 6.61 Å². The number of thiazole rings is 1. The summed E-state index contributed by atoms with van der Waals surface area (Å²) in [6.45, 7) is 4.18. The summed E-state index contributed by atoms with van der Waals surface area (Å²) in [5.74, 6) is 0.791. The minimum atomic E-state index is -2.53. The molecule has 0 radical (unpaired) electrons. The maximum atomic E-state index is 12.4. The molecule has 0 bridgehead atoms. The minimum absolute atomic E-state index is 0.0403. The Bertz CT molecular complexity index is 949. The fraction of sp³-hybridized carbons (Fsp3) is 0.667. The van der Waals surface area contributed by atoms with Gasteiger partial charge in [0.1, 0.15) is 0 Å². The van der Waals surface area contributed by atoms with Crippen LogP contribution in [0.2, 0.25) is 0 Å². The van der Waals surface area contributed by atoms with Gasteiger partial charge in [0.25, 0.3) is 6.43 Å². The van der Waals surface area contributed by atoms with Crippen molar-refractivity contribution in [3.05, 3.63) is 33.5 Å². The van der Waals surface area contributed by atoms with E-state index in [-0.39, 0.29) is 18.0 Å². The first-order valence-corrected chi connectivity index (χ1v) is 12.9. The van der Waals surface area contributed by atoms with E-state index in [0.29, 0.717) is 12.3 Å². The second-order valence-corrected chi connectivity index (χ2v) is 10.6. The summed E-state index contributed by atoms with van der Waals surface area (Å²) in [4.78, 5) is 28.5. The van der Waals surface area contributed by atoms with Crippen LogP contribution in [-0.4, -0.2) is 64.5 Å². The molecule has 1 aliphatic carbocycles. The lowest BCUT2D eigenvalue weighted by Crippen LogP contribution is -2.38. The lowest BCUT2D eigenvalue weighted by Gasteiger charge is -2.30. The van der Waals surface area contributed by atoms with Gasteiger partial charge in [0, 0.05) is 42.8 Å². The van der Waals surface area contributed by atoms with Crippen molar-refractivity contribution in [2.24, 2.45) is 5.92 Å². The number of aromatic nitrogens is 3. The molecule has 1 aliphatic heterocycles. The number of fused-ring (bicyclic) bond motifs is 1. The van der Waals surface area contributed by atoms with E-state index in [4.69, 9.17) is 4.74 Å². The van der Waals surface area contributed by atoms with Gasteiger partial charge in [-0.15, -0.1) is 11.3 Å². The third-order valence-electron chi connectivity index (χ3n) is 6.70. The van der Waals surface area contributed by atoms with Crippen LogP contribution in [0.5, 0.6) is 6.01 Å². The van der Waals surface area contributed by atoms with Crippen molar-refractivity contribution < 1.29 is 18.3 Å². The van der Waals surface area contributed by atoms with Crippen molar-refractivity contribution >= 4 is 17.2 Å². The summed E-state index contributed by atoms with van der Waals surface area (Å²) in [5.41, 5.74) is 1.99. The topological polar surface area (TPSA) is 80.2 Å². The lowest BCUT2D eigenvalue weighted by atomic mass is 9.84. The summed E-state index contributed by atoms with van der Waals surface area (Å²) >= 11 is 1.58. The van der Waals surface area contributed by atoms with E-state index in [1.807, 2.05) is 6.92 Å². The number of halogens is 2. The van der Waals surface area contributed by atoms with E-state index in [9.17, 15) is 13.6 Å². The molecule has 2 aromatic heterocycles. The number of nitrogens with one attached hydrogen (secondary N) is 1. The van der Waals surface area contributed by atoms with Crippen LogP contribution >= 0.6 is 11.3 Å². The Balaban J connectivity index is 1.15. The van der Waals surface area contributed by atoms with Crippen molar-refractivity contribution in [2.45, 2.75) is 70.8 Å². The SMILES string of the molecule is Cc1ncc(CC(=O)NC2CCC(CCN3CCc4cnc(OCC(F)F)nc4CC3)CC2)s1. The Hall–Kier alpha value is -2.20. The number of nitrogens with zero attached hydrogens (tertiary/aromatic N) is 4. The quantitative estimate of drug-likeness (QED) is 0.575. The summed E-state index contributed by atoms with van der Waals surface area (Å²) < 4.78 is 29.7. The van der Waals surface area contributed by atoms with Crippen molar-refractivity contribution in [3.8, 4) is 6.01 Å². The molecule has 1 amide bonds. The Morgan fingerprint density at radius 3 is 2.74 bits per heavy atom. The van der Waals surface area contributed by atoms with Crippen LogP contribution in [-0.2, 0) is 24.1 Å². The largest absolute Gasteiger partial charge is 0.457 e. The minimum Gasteiger partial charge on any atom is -0.457 e. The first-order chi connectivity index (χ1) is 16.4. The normalized spacial score (nSPS) is 21.2. The summed E-state index contributed by atoms with van der Waals surface area (Å²) in [6.07, 6.45) is 8.59. The average molecular weight is 494 g/mol. The van der Waals surface area contributed by atoms with Crippen LogP contribution < -0.4 is 10.1 Å². The first-order valence-electron chi connectivity index (χ1n) is 12.1. The highest BCUT2D eigenvalue weighted by Crippen LogP contribution is 2.28. The van der Waals surface area contributed by atoms with Crippen molar-refractivity contribution in [2.75, 3.05) is 26.2 Å². The van der Waals surface area contributed by atoms with Gasteiger partial charge in [-0.1, -0.05) is 0 Å². The molecule has 0 saturated heterocycles. The van der Waals surface area contributed by atoms with E-state index >= 15 is 0 Å². The van der Waals surface area contributed by atoms with Gasteiger partial charge < -0.3 is 15.0 Å². The number of carbonyl (C=O) groups excluding carboxylic acids is 1. The summed E-state index contributed by atoms with van der Waals surface area (Å²) in [7, 11) is 0. The third-order valence-corrected chi connectivity index (χ3v) is 7.61. The number of carbonyl (C=O) groups is 1. The molecule has 34 heavy (non-hydrogen) atoms. The van der Waals surface area contributed by atoms with Crippen molar-refractivity contribution in [1.29, 1.82) is 0 Å². The molecule has 1 N–H and O–H groups in total. The van der Waals surface area contributed by atoms with Gasteiger partial charge in [-0.2, -0.15) is 4.98 Å². The Morgan fingerprint density at radius 1 is 1.21 bits per heavy atom. The molecule has 1 saturated carbocycles. The number of hydrogen-bond donors (Lipinski definition) is 1. The van der Waals surface area contributed by atoms with Gasteiger partial charge in [0.2, 0.25) is 5.91 Å². The zero-order valence-electron chi connectivity index (χ0n) is 19.6. The van der Waals surface area contributed by atoms with Crippen LogP contribution in [0.4, 0.5) is 8.78 Å². The molecule has 10 heteroatoms. The van der Waals surface area contributed by atoms with E-state index in [1.54, 1.807) is 23.7 Å². The fourth-order valence-electron chi connectivity index (χ4n) is 4.82. The number of alkyl halides is 2. The molecule has 1 fully saturated rings. The Kier molecular flexibility index (Phi) is 8.77. The molecule has 2 aliphatic rings. The number of amides is 1. The van der Waals surface area contributed by atoms with Crippen LogP contribution in [0.25, 0.3) is 0 Å². The first kappa shape index (κ1) is 24.9. The molecule has 7 nitrogen and oxygen atoms in total. The highest BCUT2D eigenvalue weighted by Gasteiger charge is 2.24. The highest BCUT2D eigenvalue weighted by molar-refractivity contribution is 7.11. The summed E-state index contributed by atoms with van der Waals surface area (Å²) in [5, 5.41) is 4.20. The van der Waals surface area contributed by atoms with Crippen LogP contribution in [0, 0.1) is 12.8 Å². The maximum absolute atomic E-state index is 12.4. The van der Waals surface area contributed by atoms with Crippen LogP contribution in [0.3, 0.4) is 0 Å². The molecule has 0 spiro atoms. The van der Waals surface area contributed by atoms with E-state index < -0.39 is 13.0 Å². The summed E-state index contributed by atoms with van der Waals surface area (Å²) in [6, 6.07) is 0.323. The number of aryl methyl sites for hydroxylation is 1. The monoisotopic (exact) mass is 493 g/mol. The number of hydrogen-bond acceptors (Lipinski definition) is 7. The van der Waals surface area contributed by atoms with Gasteiger partial charge in [-0.05, 0) is 63.5 Å². The fourth-order valence-corrected chi connectivity index (χ4v) is 5.61. The second kappa shape index (κ2) is 12.0. The lowest BCUT2D eigenvalue weighted by molar-refractivity contribution is -0.121. The zero-order valence-corrected chi connectivity index (χ0v) is 20.5. The van der Waals surface area contributed by atoms with E-state index in [2.05, 4.69) is 25.2 Å². The molecule has 4 rings (SSSR count). The molecule has 186 valence electrons. The zero-order chi connectivity index (χ0) is 23.9. The van der Waals surface area contributed by atoms with Gasteiger partial charge in [0.05, 0.1) is 17.1 Å². The van der Waals surface area contributed by atoms with Gasteiger partial charge in [-0.3, -0.25) is 4.79 Å².